The molecule has 0 spiro atoms. The van der Waals surface area contributed by atoms with Gasteiger partial charge in [0.1, 0.15) is 5.82 Å². The lowest BCUT2D eigenvalue weighted by Crippen LogP contribution is -2.05. The van der Waals surface area contributed by atoms with E-state index in [4.69, 9.17) is 5.73 Å². The van der Waals surface area contributed by atoms with Crippen molar-refractivity contribution in [2.24, 2.45) is 0 Å². The number of hydrogen-bond donors (Lipinski definition) is 3. The molecule has 4 nitrogen and oxygen atoms in total. The van der Waals surface area contributed by atoms with Crippen LogP contribution in [-0.2, 0) is 6.42 Å². The Bertz CT molecular complexity index is 521. The summed E-state index contributed by atoms with van der Waals surface area (Å²) in [7, 11) is 0. The highest BCUT2D eigenvalue weighted by atomic mass is 19.1. The molecule has 0 aliphatic rings. The van der Waals surface area contributed by atoms with Crippen molar-refractivity contribution in [3.63, 3.8) is 0 Å². The lowest BCUT2D eigenvalue weighted by atomic mass is 10.1. The first-order chi connectivity index (χ1) is 8.66. The highest BCUT2D eigenvalue weighted by Crippen LogP contribution is 2.19. The first-order valence-corrected chi connectivity index (χ1v) is 5.94. The van der Waals surface area contributed by atoms with Gasteiger partial charge in [0, 0.05) is 12.2 Å². The van der Waals surface area contributed by atoms with Gasteiger partial charge in [-0.2, -0.15) is 5.10 Å². The van der Waals surface area contributed by atoms with Crippen molar-refractivity contribution >= 4 is 11.4 Å². The number of aryl methyl sites for hydroxylation is 2. The van der Waals surface area contributed by atoms with Crippen LogP contribution in [0.5, 0.6) is 0 Å². The molecule has 0 amide bonds. The molecule has 1 aromatic heterocycles. The van der Waals surface area contributed by atoms with Crippen molar-refractivity contribution < 1.29 is 4.39 Å². The Morgan fingerprint density at radius 3 is 3.00 bits per heavy atom. The summed E-state index contributed by atoms with van der Waals surface area (Å²) in [5.41, 5.74) is 9.27. The molecule has 0 aliphatic carbocycles. The van der Waals surface area contributed by atoms with E-state index in [1.54, 1.807) is 6.07 Å². The summed E-state index contributed by atoms with van der Waals surface area (Å²) in [6.45, 7) is 2.75. The molecule has 2 aromatic rings. The van der Waals surface area contributed by atoms with E-state index in [1.165, 1.54) is 17.7 Å². The standard InChI is InChI=1S/C13H17FN4/c1-9-10(8-17-18-9)3-2-6-16-13-7-11(14)4-5-12(13)15/h4-5,7-8,16H,2-3,6,15H2,1H3,(H,17,18). The minimum atomic E-state index is -0.280. The van der Waals surface area contributed by atoms with Crippen molar-refractivity contribution in [1.82, 2.24) is 10.2 Å². The molecule has 0 atom stereocenters. The molecule has 0 saturated heterocycles. The second kappa shape index (κ2) is 5.53. The van der Waals surface area contributed by atoms with Gasteiger partial charge < -0.3 is 11.1 Å². The quantitative estimate of drug-likeness (QED) is 0.562. The Hall–Kier alpha value is -2.04. The van der Waals surface area contributed by atoms with Crippen molar-refractivity contribution in [3.05, 3.63) is 41.5 Å². The Morgan fingerprint density at radius 1 is 1.44 bits per heavy atom. The first kappa shape index (κ1) is 12.4. The highest BCUT2D eigenvalue weighted by molar-refractivity contribution is 5.65. The van der Waals surface area contributed by atoms with Crippen LogP contribution >= 0.6 is 0 Å². The van der Waals surface area contributed by atoms with Crippen LogP contribution in [0.1, 0.15) is 17.7 Å². The smallest absolute Gasteiger partial charge is 0.125 e. The second-order valence-corrected chi connectivity index (χ2v) is 4.28. The monoisotopic (exact) mass is 248 g/mol. The van der Waals surface area contributed by atoms with E-state index in [2.05, 4.69) is 15.5 Å². The first-order valence-electron chi connectivity index (χ1n) is 5.94. The number of benzene rings is 1. The summed E-state index contributed by atoms with van der Waals surface area (Å²) in [6.07, 6.45) is 3.72. The number of aromatic amines is 1. The second-order valence-electron chi connectivity index (χ2n) is 4.28. The Morgan fingerprint density at radius 2 is 2.28 bits per heavy atom. The molecule has 0 aliphatic heterocycles. The molecular formula is C13H17FN4. The zero-order chi connectivity index (χ0) is 13.0. The fourth-order valence-electron chi connectivity index (χ4n) is 1.81. The average Bonchev–Trinajstić information content (AvgIpc) is 2.75. The number of nitrogens with zero attached hydrogens (tertiary/aromatic N) is 1. The fourth-order valence-corrected chi connectivity index (χ4v) is 1.81. The van der Waals surface area contributed by atoms with E-state index < -0.39 is 0 Å². The summed E-state index contributed by atoms with van der Waals surface area (Å²) in [5.74, 6) is -0.280. The largest absolute Gasteiger partial charge is 0.397 e. The van der Waals surface area contributed by atoms with Gasteiger partial charge >= 0.3 is 0 Å². The third-order valence-corrected chi connectivity index (χ3v) is 2.89. The van der Waals surface area contributed by atoms with Gasteiger partial charge in [0.2, 0.25) is 0 Å². The molecule has 0 bridgehead atoms. The van der Waals surface area contributed by atoms with Crippen LogP contribution in [0, 0.1) is 12.7 Å². The number of anilines is 2. The summed E-state index contributed by atoms with van der Waals surface area (Å²) < 4.78 is 13.0. The van der Waals surface area contributed by atoms with E-state index in [0.29, 0.717) is 11.4 Å². The zero-order valence-corrected chi connectivity index (χ0v) is 10.3. The number of halogens is 1. The summed E-state index contributed by atoms with van der Waals surface area (Å²) in [6, 6.07) is 4.34. The predicted octanol–water partition coefficient (Wildman–Crippen LogP) is 2.48. The highest BCUT2D eigenvalue weighted by Gasteiger charge is 2.02. The fraction of sp³-hybridized carbons (Fsp3) is 0.308. The van der Waals surface area contributed by atoms with E-state index in [9.17, 15) is 4.39 Å². The molecule has 0 fully saturated rings. The summed E-state index contributed by atoms with van der Waals surface area (Å²) in [5, 5.41) is 10.0. The average molecular weight is 248 g/mol. The van der Waals surface area contributed by atoms with Crippen LogP contribution in [0.3, 0.4) is 0 Å². The van der Waals surface area contributed by atoms with Gasteiger partial charge in [-0.25, -0.2) is 4.39 Å². The van der Waals surface area contributed by atoms with E-state index >= 15 is 0 Å². The molecule has 0 radical (unpaired) electrons. The van der Waals surface area contributed by atoms with Crippen molar-refractivity contribution in [2.75, 3.05) is 17.6 Å². The van der Waals surface area contributed by atoms with Gasteiger partial charge in [0.25, 0.3) is 0 Å². The number of rotatable bonds is 5. The molecule has 0 unspecified atom stereocenters. The Labute approximate surface area is 105 Å². The number of nitrogens with one attached hydrogen (secondary N) is 2. The van der Waals surface area contributed by atoms with Crippen molar-refractivity contribution in [3.8, 4) is 0 Å². The lowest BCUT2D eigenvalue weighted by Gasteiger charge is -2.09. The Balaban J connectivity index is 1.82. The maximum atomic E-state index is 13.0. The van der Waals surface area contributed by atoms with Gasteiger partial charge in [0.15, 0.2) is 0 Å². The third-order valence-electron chi connectivity index (χ3n) is 2.89. The minimum Gasteiger partial charge on any atom is -0.397 e. The summed E-state index contributed by atoms with van der Waals surface area (Å²) in [4.78, 5) is 0. The molecule has 18 heavy (non-hydrogen) atoms. The number of H-pyrrole nitrogens is 1. The number of nitrogen functional groups attached to an aromatic ring is 1. The van der Waals surface area contributed by atoms with Crippen LogP contribution in [0.4, 0.5) is 15.8 Å². The maximum absolute atomic E-state index is 13.0. The van der Waals surface area contributed by atoms with Gasteiger partial charge in [-0.15, -0.1) is 0 Å². The van der Waals surface area contributed by atoms with Crippen LogP contribution in [0.15, 0.2) is 24.4 Å². The zero-order valence-electron chi connectivity index (χ0n) is 10.3. The molecular weight excluding hydrogens is 231 g/mol. The van der Waals surface area contributed by atoms with Crippen molar-refractivity contribution in [1.29, 1.82) is 0 Å². The molecule has 0 saturated carbocycles. The molecule has 96 valence electrons. The van der Waals surface area contributed by atoms with Crippen LogP contribution in [0.2, 0.25) is 0 Å². The molecule has 5 heteroatoms. The van der Waals surface area contributed by atoms with Gasteiger partial charge in [0.05, 0.1) is 17.6 Å². The molecule has 4 N–H and O–H groups in total. The van der Waals surface area contributed by atoms with Crippen LogP contribution in [0.25, 0.3) is 0 Å². The maximum Gasteiger partial charge on any atom is 0.125 e. The predicted molar refractivity (Wildman–Crippen MR) is 70.9 cm³/mol. The van der Waals surface area contributed by atoms with E-state index in [-0.39, 0.29) is 5.82 Å². The topological polar surface area (TPSA) is 66.7 Å². The van der Waals surface area contributed by atoms with E-state index in [0.717, 1.165) is 25.1 Å². The minimum absolute atomic E-state index is 0.280. The molecule has 1 heterocycles. The number of aromatic nitrogens is 2. The molecule has 2 rings (SSSR count). The van der Waals surface area contributed by atoms with Crippen LogP contribution < -0.4 is 11.1 Å². The SMILES string of the molecule is Cc1[nH]ncc1CCCNc1cc(F)ccc1N. The number of nitrogens with two attached hydrogens (primary N) is 1. The van der Waals surface area contributed by atoms with Crippen molar-refractivity contribution in [2.45, 2.75) is 19.8 Å². The van der Waals surface area contributed by atoms with Crippen LogP contribution in [-0.4, -0.2) is 16.7 Å². The number of hydrogen-bond acceptors (Lipinski definition) is 3. The van der Waals surface area contributed by atoms with E-state index in [1.807, 2.05) is 13.1 Å². The third kappa shape index (κ3) is 3.00. The Kier molecular flexibility index (Phi) is 3.82. The molecule has 1 aromatic carbocycles. The normalized spacial score (nSPS) is 10.6. The van der Waals surface area contributed by atoms with Gasteiger partial charge in [-0.1, -0.05) is 0 Å². The van der Waals surface area contributed by atoms with Gasteiger partial charge in [-0.05, 0) is 43.5 Å². The van der Waals surface area contributed by atoms with Gasteiger partial charge in [-0.3, -0.25) is 5.10 Å². The lowest BCUT2D eigenvalue weighted by molar-refractivity contribution is 0.628. The summed E-state index contributed by atoms with van der Waals surface area (Å²) >= 11 is 0.